The number of aromatic nitrogens is 1. The summed E-state index contributed by atoms with van der Waals surface area (Å²) in [6.45, 7) is 2.20. The third-order valence-electron chi connectivity index (χ3n) is 4.01. The van der Waals surface area contributed by atoms with E-state index in [-0.39, 0.29) is 17.6 Å². The van der Waals surface area contributed by atoms with Crippen molar-refractivity contribution in [2.75, 3.05) is 43.5 Å². The lowest BCUT2D eigenvalue weighted by Gasteiger charge is -2.35. The Hall–Kier alpha value is -2.90. The van der Waals surface area contributed by atoms with Gasteiger partial charge in [0.25, 0.3) is 0 Å². The fourth-order valence-corrected chi connectivity index (χ4v) is 2.63. The minimum absolute atomic E-state index is 0.0741. The number of piperazine rings is 1. The van der Waals surface area contributed by atoms with Gasteiger partial charge in [-0.15, -0.1) is 0 Å². The van der Waals surface area contributed by atoms with Crippen LogP contribution in [0.4, 0.5) is 25.1 Å². The van der Waals surface area contributed by atoms with Gasteiger partial charge in [0.2, 0.25) is 0 Å². The highest BCUT2D eigenvalue weighted by molar-refractivity contribution is 5.89. The van der Waals surface area contributed by atoms with E-state index >= 15 is 0 Å². The first-order chi connectivity index (χ1) is 12.1. The van der Waals surface area contributed by atoms with Crippen LogP contribution in [0.3, 0.4) is 0 Å². The molecule has 6 nitrogen and oxygen atoms in total. The molecule has 1 N–H and O–H groups in total. The number of methoxy groups -OCH3 is 1. The number of hydrogen-bond donors (Lipinski definition) is 1. The number of carbonyl (C=O) groups excluding carboxylic acids is 1. The standard InChI is InChI=1S/C17H18F2N4O2/c1-25-15-10-13(3-4-14(15)19)21-17(24)23-8-6-22(7-9-23)16-5-2-12(18)11-20-16/h2-5,10-11H,6-9H2,1H3,(H,21,24). The van der Waals surface area contributed by atoms with Crippen molar-refractivity contribution >= 4 is 17.5 Å². The van der Waals surface area contributed by atoms with Crippen LogP contribution in [0.5, 0.6) is 5.75 Å². The molecule has 1 aliphatic heterocycles. The van der Waals surface area contributed by atoms with Crippen molar-refractivity contribution in [3.8, 4) is 5.75 Å². The monoisotopic (exact) mass is 348 g/mol. The molecule has 0 radical (unpaired) electrons. The number of pyridine rings is 1. The van der Waals surface area contributed by atoms with E-state index in [0.717, 1.165) is 0 Å². The van der Waals surface area contributed by atoms with Gasteiger partial charge in [-0.1, -0.05) is 0 Å². The zero-order valence-electron chi connectivity index (χ0n) is 13.7. The van der Waals surface area contributed by atoms with Crippen LogP contribution >= 0.6 is 0 Å². The predicted molar refractivity (Wildman–Crippen MR) is 90.0 cm³/mol. The van der Waals surface area contributed by atoms with E-state index in [1.54, 1.807) is 11.0 Å². The number of benzene rings is 1. The van der Waals surface area contributed by atoms with Crippen molar-refractivity contribution in [3.63, 3.8) is 0 Å². The number of amides is 2. The minimum atomic E-state index is -0.485. The summed E-state index contributed by atoms with van der Waals surface area (Å²) in [4.78, 5) is 20.0. The Morgan fingerprint density at radius 3 is 2.56 bits per heavy atom. The molecule has 0 bridgehead atoms. The molecule has 3 rings (SSSR count). The minimum Gasteiger partial charge on any atom is -0.494 e. The number of nitrogens with zero attached hydrogens (tertiary/aromatic N) is 3. The quantitative estimate of drug-likeness (QED) is 0.927. The van der Waals surface area contributed by atoms with E-state index in [9.17, 15) is 13.6 Å². The van der Waals surface area contributed by atoms with Crippen molar-refractivity contribution < 1.29 is 18.3 Å². The summed E-state index contributed by atoms with van der Waals surface area (Å²) in [7, 11) is 1.37. The lowest BCUT2D eigenvalue weighted by atomic mass is 10.3. The van der Waals surface area contributed by atoms with E-state index < -0.39 is 5.82 Å². The molecule has 0 spiro atoms. The maximum absolute atomic E-state index is 13.4. The fraction of sp³-hybridized carbons (Fsp3) is 0.294. The average Bonchev–Trinajstić information content (AvgIpc) is 2.64. The first-order valence-electron chi connectivity index (χ1n) is 7.83. The Labute approximate surface area is 144 Å². The maximum Gasteiger partial charge on any atom is 0.321 e. The zero-order valence-corrected chi connectivity index (χ0v) is 13.7. The molecule has 0 saturated carbocycles. The van der Waals surface area contributed by atoms with Crippen molar-refractivity contribution in [2.45, 2.75) is 0 Å². The van der Waals surface area contributed by atoms with Crippen molar-refractivity contribution in [3.05, 3.63) is 48.2 Å². The lowest BCUT2D eigenvalue weighted by Crippen LogP contribution is -2.50. The van der Waals surface area contributed by atoms with Gasteiger partial charge in [-0.25, -0.2) is 18.6 Å². The van der Waals surface area contributed by atoms with Gasteiger partial charge in [-0.3, -0.25) is 0 Å². The molecule has 1 aromatic carbocycles. The lowest BCUT2D eigenvalue weighted by molar-refractivity contribution is 0.208. The number of ether oxygens (including phenoxy) is 1. The van der Waals surface area contributed by atoms with Crippen LogP contribution in [0.2, 0.25) is 0 Å². The number of anilines is 2. The van der Waals surface area contributed by atoms with E-state index in [2.05, 4.69) is 10.3 Å². The van der Waals surface area contributed by atoms with Crippen molar-refractivity contribution in [1.82, 2.24) is 9.88 Å². The molecule has 1 aromatic heterocycles. The summed E-state index contributed by atoms with van der Waals surface area (Å²) in [6, 6.07) is 6.88. The van der Waals surface area contributed by atoms with Gasteiger partial charge in [0.1, 0.15) is 11.6 Å². The highest BCUT2D eigenvalue weighted by Crippen LogP contribution is 2.22. The molecular weight excluding hydrogens is 330 g/mol. The molecule has 0 aliphatic carbocycles. The molecule has 2 heterocycles. The Kier molecular flexibility index (Phi) is 4.97. The molecule has 8 heteroatoms. The number of carbonyl (C=O) groups is 1. The van der Waals surface area contributed by atoms with Gasteiger partial charge < -0.3 is 19.9 Å². The van der Waals surface area contributed by atoms with Gasteiger partial charge in [0, 0.05) is 37.9 Å². The topological polar surface area (TPSA) is 57.7 Å². The maximum atomic E-state index is 13.4. The first-order valence-corrected chi connectivity index (χ1v) is 7.83. The van der Waals surface area contributed by atoms with Gasteiger partial charge in [0.15, 0.2) is 11.6 Å². The summed E-state index contributed by atoms with van der Waals surface area (Å²) < 4.78 is 31.2. The zero-order chi connectivity index (χ0) is 17.8. The van der Waals surface area contributed by atoms with E-state index in [1.165, 1.54) is 37.6 Å². The van der Waals surface area contributed by atoms with Gasteiger partial charge in [-0.2, -0.15) is 0 Å². The molecule has 1 fully saturated rings. The van der Waals surface area contributed by atoms with Gasteiger partial charge in [-0.05, 0) is 24.3 Å². The molecule has 2 aromatic rings. The molecule has 2 amide bonds. The van der Waals surface area contributed by atoms with Crippen LogP contribution in [0.1, 0.15) is 0 Å². The largest absolute Gasteiger partial charge is 0.494 e. The molecular formula is C17H18F2N4O2. The van der Waals surface area contributed by atoms with Crippen LogP contribution < -0.4 is 15.0 Å². The predicted octanol–water partition coefficient (Wildman–Crippen LogP) is 2.72. The Morgan fingerprint density at radius 2 is 1.92 bits per heavy atom. The second-order valence-corrected chi connectivity index (χ2v) is 5.59. The SMILES string of the molecule is COc1cc(NC(=O)N2CCN(c3ccc(F)cn3)CC2)ccc1F. The summed E-state index contributed by atoms with van der Waals surface area (Å²) in [5, 5.41) is 2.73. The van der Waals surface area contributed by atoms with Crippen LogP contribution in [0, 0.1) is 11.6 Å². The summed E-state index contributed by atoms with van der Waals surface area (Å²) >= 11 is 0. The smallest absolute Gasteiger partial charge is 0.321 e. The Balaban J connectivity index is 1.57. The highest BCUT2D eigenvalue weighted by Gasteiger charge is 2.22. The number of hydrogen-bond acceptors (Lipinski definition) is 4. The molecule has 0 unspecified atom stereocenters. The Bertz CT molecular complexity index is 747. The first kappa shape index (κ1) is 16.9. The molecule has 1 aliphatic rings. The number of urea groups is 1. The molecule has 132 valence electrons. The summed E-state index contributed by atoms with van der Waals surface area (Å²) in [5.74, 6) is -0.105. The van der Waals surface area contributed by atoms with Crippen molar-refractivity contribution in [2.24, 2.45) is 0 Å². The van der Waals surface area contributed by atoms with E-state index in [4.69, 9.17) is 4.74 Å². The fourth-order valence-electron chi connectivity index (χ4n) is 2.63. The Morgan fingerprint density at radius 1 is 1.16 bits per heavy atom. The van der Waals surface area contributed by atoms with Crippen LogP contribution in [-0.4, -0.2) is 49.2 Å². The van der Waals surface area contributed by atoms with E-state index in [1.807, 2.05) is 4.90 Å². The van der Waals surface area contributed by atoms with Gasteiger partial charge >= 0.3 is 6.03 Å². The summed E-state index contributed by atoms with van der Waals surface area (Å²) in [6.07, 6.45) is 1.18. The number of halogens is 2. The second kappa shape index (κ2) is 7.33. The van der Waals surface area contributed by atoms with Crippen LogP contribution in [0.25, 0.3) is 0 Å². The van der Waals surface area contributed by atoms with Crippen molar-refractivity contribution in [1.29, 1.82) is 0 Å². The molecule has 0 atom stereocenters. The van der Waals surface area contributed by atoms with E-state index in [0.29, 0.717) is 37.7 Å². The second-order valence-electron chi connectivity index (χ2n) is 5.59. The third kappa shape index (κ3) is 3.96. The molecule has 1 saturated heterocycles. The third-order valence-corrected chi connectivity index (χ3v) is 4.01. The van der Waals surface area contributed by atoms with Crippen LogP contribution in [-0.2, 0) is 0 Å². The molecule has 25 heavy (non-hydrogen) atoms. The number of rotatable bonds is 3. The van der Waals surface area contributed by atoms with Crippen LogP contribution in [0.15, 0.2) is 36.5 Å². The summed E-state index contributed by atoms with van der Waals surface area (Å²) in [5.41, 5.74) is 0.464. The highest BCUT2D eigenvalue weighted by atomic mass is 19.1. The number of nitrogens with one attached hydrogen (secondary N) is 1. The average molecular weight is 348 g/mol. The normalized spacial score (nSPS) is 14.4. The van der Waals surface area contributed by atoms with Gasteiger partial charge in [0.05, 0.1) is 13.3 Å².